The fourth-order valence-corrected chi connectivity index (χ4v) is 9.63. The first-order valence-corrected chi connectivity index (χ1v) is 14.7. The summed E-state index contributed by atoms with van der Waals surface area (Å²) in [4.78, 5) is 11.7. The lowest BCUT2D eigenvalue weighted by Gasteiger charge is -2.43. The van der Waals surface area contributed by atoms with Crippen molar-refractivity contribution in [2.24, 2.45) is 11.8 Å². The van der Waals surface area contributed by atoms with Crippen molar-refractivity contribution in [1.29, 1.82) is 0 Å². The van der Waals surface area contributed by atoms with Crippen LogP contribution in [0.5, 0.6) is 0 Å². The van der Waals surface area contributed by atoms with Gasteiger partial charge < -0.3 is 4.43 Å². The summed E-state index contributed by atoms with van der Waals surface area (Å²) in [5.41, 5.74) is 0. The quantitative estimate of drug-likeness (QED) is 0.280. The van der Waals surface area contributed by atoms with Gasteiger partial charge in [-0.15, -0.1) is 0 Å². The van der Waals surface area contributed by atoms with Crippen molar-refractivity contribution in [3.05, 3.63) is 72.8 Å². The molecular formula is C28H40O2SSi. The fraction of sp³-hybridized carbons (Fsp3) is 0.464. The molecule has 2 aromatic carbocycles. The summed E-state index contributed by atoms with van der Waals surface area (Å²) < 4.78 is 7.07. The van der Waals surface area contributed by atoms with E-state index in [2.05, 4.69) is 95.3 Å². The molecule has 0 unspecified atom stereocenters. The molecule has 0 spiro atoms. The molecule has 4 heteroatoms. The van der Waals surface area contributed by atoms with Crippen LogP contribution in [0.3, 0.4) is 0 Å². The van der Waals surface area contributed by atoms with Gasteiger partial charge in [-0.2, -0.15) is 0 Å². The van der Waals surface area contributed by atoms with Crippen LogP contribution in [0.1, 0.15) is 54.4 Å². The zero-order chi connectivity index (χ0) is 23.6. The average molecular weight is 469 g/mol. The molecule has 0 radical (unpaired) electrons. The molecule has 0 amide bonds. The highest BCUT2D eigenvalue weighted by atomic mass is 32.2. The molecule has 0 N–H and O–H groups in total. The molecule has 0 saturated heterocycles. The molecule has 0 bridgehead atoms. The number of carbonyl (C=O) groups is 1. The molecule has 32 heavy (non-hydrogen) atoms. The highest BCUT2D eigenvalue weighted by Crippen LogP contribution is 2.37. The fourth-order valence-electron chi connectivity index (χ4n) is 4.47. The van der Waals surface area contributed by atoms with Crippen molar-refractivity contribution in [3.63, 3.8) is 0 Å². The van der Waals surface area contributed by atoms with E-state index in [-0.39, 0.29) is 10.2 Å². The number of carbonyl (C=O) groups excluding carboxylic acids is 1. The van der Waals surface area contributed by atoms with E-state index in [4.69, 9.17) is 4.43 Å². The summed E-state index contributed by atoms with van der Waals surface area (Å²) in [6.07, 6.45) is 5.77. The molecule has 0 aromatic heterocycles. The molecule has 2 nitrogen and oxygen atoms in total. The number of thioether (sulfide) groups is 1. The van der Waals surface area contributed by atoms with E-state index in [9.17, 15) is 4.79 Å². The molecule has 0 aliphatic rings. The third-order valence-corrected chi connectivity index (χ3v) is 11.6. The Morgan fingerprint density at radius 3 is 1.97 bits per heavy atom. The number of allylic oxidation sites excluding steroid dienone is 1. The minimum absolute atomic E-state index is 0.00108. The summed E-state index contributed by atoms with van der Waals surface area (Å²) in [6.45, 7) is 14.3. The SMILES string of the molecule is CCSC(=O)/C=C/C[C@H](C)C[C@H](C)CO[Si](c1ccccc1)(c1ccccc1)C(C)(C)C. The van der Waals surface area contributed by atoms with Gasteiger partial charge in [0.25, 0.3) is 8.32 Å². The normalized spacial score (nSPS) is 14.4. The molecule has 2 rings (SSSR count). The van der Waals surface area contributed by atoms with E-state index in [1.54, 1.807) is 6.08 Å². The molecule has 2 atom stereocenters. The third kappa shape index (κ3) is 7.19. The molecule has 2 aromatic rings. The Morgan fingerprint density at radius 1 is 0.969 bits per heavy atom. The molecule has 0 heterocycles. The lowest BCUT2D eigenvalue weighted by Crippen LogP contribution is -2.66. The molecular weight excluding hydrogens is 428 g/mol. The topological polar surface area (TPSA) is 26.3 Å². The number of hydrogen-bond acceptors (Lipinski definition) is 3. The second-order valence-electron chi connectivity index (χ2n) is 9.81. The molecule has 174 valence electrons. The number of benzene rings is 2. The minimum atomic E-state index is -2.47. The van der Waals surface area contributed by atoms with Gasteiger partial charge in [0.2, 0.25) is 5.12 Å². The van der Waals surface area contributed by atoms with Crippen LogP contribution in [-0.2, 0) is 9.22 Å². The molecule has 0 saturated carbocycles. The van der Waals surface area contributed by atoms with Crippen LogP contribution in [0, 0.1) is 11.8 Å². The van der Waals surface area contributed by atoms with Gasteiger partial charge in [-0.25, -0.2) is 0 Å². The van der Waals surface area contributed by atoms with Crippen molar-refractivity contribution < 1.29 is 9.22 Å². The Morgan fingerprint density at radius 2 is 1.50 bits per heavy atom. The van der Waals surface area contributed by atoms with Gasteiger partial charge in [-0.05, 0) is 51.9 Å². The Kier molecular flexibility index (Phi) is 10.5. The van der Waals surface area contributed by atoms with E-state index < -0.39 is 8.32 Å². The minimum Gasteiger partial charge on any atom is -0.407 e. The predicted octanol–water partition coefficient (Wildman–Crippen LogP) is 6.45. The van der Waals surface area contributed by atoms with Gasteiger partial charge >= 0.3 is 0 Å². The van der Waals surface area contributed by atoms with E-state index in [0.717, 1.165) is 25.2 Å². The Bertz CT molecular complexity index is 803. The zero-order valence-corrected chi connectivity index (χ0v) is 22.5. The van der Waals surface area contributed by atoms with Gasteiger partial charge in [0.15, 0.2) is 0 Å². The lowest BCUT2D eigenvalue weighted by molar-refractivity contribution is -0.107. The summed E-state index contributed by atoms with van der Waals surface area (Å²) in [5, 5.41) is 2.81. The first kappa shape index (κ1) is 26.6. The maximum Gasteiger partial charge on any atom is 0.261 e. The van der Waals surface area contributed by atoms with Crippen molar-refractivity contribution >= 4 is 35.6 Å². The van der Waals surface area contributed by atoms with E-state index in [0.29, 0.717) is 11.8 Å². The first-order valence-electron chi connectivity index (χ1n) is 11.8. The lowest BCUT2D eigenvalue weighted by atomic mass is 9.95. The van der Waals surface area contributed by atoms with Crippen LogP contribution >= 0.6 is 11.8 Å². The third-order valence-electron chi connectivity index (χ3n) is 5.88. The summed E-state index contributed by atoms with van der Waals surface area (Å²) in [7, 11) is -2.47. The largest absolute Gasteiger partial charge is 0.407 e. The highest BCUT2D eigenvalue weighted by Gasteiger charge is 2.50. The van der Waals surface area contributed by atoms with Crippen LogP contribution in [-0.4, -0.2) is 25.8 Å². The van der Waals surface area contributed by atoms with Gasteiger partial charge in [-0.1, -0.05) is 120 Å². The summed E-state index contributed by atoms with van der Waals surface area (Å²) in [6, 6.07) is 21.7. The molecule has 0 aliphatic heterocycles. The van der Waals surface area contributed by atoms with Crippen molar-refractivity contribution in [2.75, 3.05) is 12.4 Å². The molecule has 0 fully saturated rings. The van der Waals surface area contributed by atoms with Crippen molar-refractivity contribution in [2.45, 2.75) is 59.4 Å². The van der Waals surface area contributed by atoms with Crippen LogP contribution in [0.2, 0.25) is 5.04 Å². The van der Waals surface area contributed by atoms with Gasteiger partial charge in [0.1, 0.15) is 0 Å². The average Bonchev–Trinajstić information content (AvgIpc) is 2.75. The number of hydrogen-bond donors (Lipinski definition) is 0. The summed E-state index contributed by atoms with van der Waals surface area (Å²) in [5.74, 6) is 1.79. The standard InChI is InChI=1S/C28H40O2SSi/c1-7-31-27(29)20-14-15-23(2)21-24(3)22-30-32(28(4,5)6,25-16-10-8-11-17-25)26-18-12-9-13-19-26/h8-14,16-20,23-24H,7,15,21-22H2,1-6H3/b20-14+/t23-,24-/m0/s1. The van der Waals surface area contributed by atoms with Gasteiger partial charge in [-0.3, -0.25) is 4.79 Å². The van der Waals surface area contributed by atoms with Crippen molar-refractivity contribution in [1.82, 2.24) is 0 Å². The van der Waals surface area contributed by atoms with E-state index in [1.807, 2.05) is 13.0 Å². The Balaban J connectivity index is 2.16. The van der Waals surface area contributed by atoms with Crippen LogP contribution in [0.15, 0.2) is 72.8 Å². The van der Waals surface area contributed by atoms with Crippen LogP contribution in [0.4, 0.5) is 0 Å². The maximum absolute atomic E-state index is 11.7. The highest BCUT2D eigenvalue weighted by molar-refractivity contribution is 8.14. The number of rotatable bonds is 11. The summed E-state index contributed by atoms with van der Waals surface area (Å²) >= 11 is 1.36. The van der Waals surface area contributed by atoms with E-state index >= 15 is 0 Å². The maximum atomic E-state index is 11.7. The molecule has 0 aliphatic carbocycles. The second kappa shape index (κ2) is 12.6. The Hall–Kier alpha value is -1.62. The van der Waals surface area contributed by atoms with Gasteiger partial charge in [0, 0.05) is 6.61 Å². The van der Waals surface area contributed by atoms with Crippen molar-refractivity contribution in [3.8, 4) is 0 Å². The van der Waals surface area contributed by atoms with E-state index in [1.165, 1.54) is 22.1 Å². The Labute approximate surface area is 201 Å². The van der Waals surface area contributed by atoms with Crippen LogP contribution < -0.4 is 10.4 Å². The second-order valence-corrected chi connectivity index (χ2v) is 15.4. The smallest absolute Gasteiger partial charge is 0.261 e. The zero-order valence-electron chi connectivity index (χ0n) is 20.6. The van der Waals surface area contributed by atoms with Gasteiger partial charge in [0.05, 0.1) is 0 Å². The monoisotopic (exact) mass is 468 g/mol. The van der Waals surface area contributed by atoms with Crippen LogP contribution in [0.25, 0.3) is 0 Å². The first-order chi connectivity index (χ1) is 15.2. The predicted molar refractivity (Wildman–Crippen MR) is 143 cm³/mol.